The van der Waals surface area contributed by atoms with Crippen molar-refractivity contribution in [3.63, 3.8) is 0 Å². The van der Waals surface area contributed by atoms with Gasteiger partial charge < -0.3 is 10.5 Å². The number of amides is 1. The molecule has 0 spiro atoms. The van der Waals surface area contributed by atoms with Gasteiger partial charge in [-0.25, -0.2) is 0 Å². The highest BCUT2D eigenvalue weighted by atomic mass is 16.5. The fourth-order valence-corrected chi connectivity index (χ4v) is 3.33. The molecule has 2 N–H and O–H groups in total. The van der Waals surface area contributed by atoms with E-state index in [1.165, 1.54) is 16.7 Å². The molecule has 3 heteroatoms. The van der Waals surface area contributed by atoms with Gasteiger partial charge in [0.2, 0.25) is 5.91 Å². The smallest absolute Gasteiger partial charge is 0.248 e. The van der Waals surface area contributed by atoms with E-state index >= 15 is 0 Å². The molecular weight excluding hydrogens is 274 g/mol. The fraction of sp³-hybridized carbons (Fsp3) is 0.211. The van der Waals surface area contributed by atoms with Crippen molar-refractivity contribution in [2.75, 3.05) is 7.11 Å². The quantitative estimate of drug-likeness (QED) is 0.941. The number of carbonyl (C=O) groups is 1. The third-order valence-corrected chi connectivity index (χ3v) is 4.44. The highest BCUT2D eigenvalue weighted by Crippen LogP contribution is 2.40. The summed E-state index contributed by atoms with van der Waals surface area (Å²) in [6.45, 7) is 5.98. The molecule has 22 heavy (non-hydrogen) atoms. The van der Waals surface area contributed by atoms with Crippen LogP contribution in [0.3, 0.4) is 0 Å². The van der Waals surface area contributed by atoms with Gasteiger partial charge in [0.05, 0.1) is 7.11 Å². The summed E-state index contributed by atoms with van der Waals surface area (Å²) in [6, 6.07) is 7.82. The maximum atomic E-state index is 11.5. The van der Waals surface area contributed by atoms with E-state index in [1.807, 2.05) is 18.2 Å². The second-order valence-electron chi connectivity index (χ2n) is 5.59. The number of primary amides is 1. The molecule has 1 aliphatic rings. The number of ether oxygens (including phenoxy) is 1. The molecule has 2 aromatic carbocycles. The summed E-state index contributed by atoms with van der Waals surface area (Å²) in [4.78, 5) is 11.5. The van der Waals surface area contributed by atoms with Gasteiger partial charge in [0.25, 0.3) is 0 Å². The molecule has 1 aliphatic carbocycles. The molecule has 0 radical (unpaired) electrons. The molecule has 3 nitrogen and oxygen atoms in total. The van der Waals surface area contributed by atoms with Crippen molar-refractivity contribution >= 4 is 12.0 Å². The Morgan fingerprint density at radius 3 is 2.73 bits per heavy atom. The number of fused-ring (bicyclic) bond motifs is 3. The maximum Gasteiger partial charge on any atom is 0.248 e. The van der Waals surface area contributed by atoms with Crippen LogP contribution in [0.4, 0.5) is 0 Å². The third kappa shape index (κ3) is 2.10. The Morgan fingerprint density at radius 1 is 1.32 bits per heavy atom. The SMILES string of the molecule is C=Cc1cc(C(N)=O)cc2c1-c1ccc(OC)c(C)c1CC2. The molecular formula is C19H19NO2. The Labute approximate surface area is 130 Å². The summed E-state index contributed by atoms with van der Waals surface area (Å²) in [5, 5.41) is 0. The molecule has 0 fully saturated rings. The van der Waals surface area contributed by atoms with Crippen LogP contribution in [-0.4, -0.2) is 13.0 Å². The van der Waals surface area contributed by atoms with Crippen LogP contribution < -0.4 is 10.5 Å². The number of hydrogen-bond donors (Lipinski definition) is 1. The minimum absolute atomic E-state index is 0.400. The summed E-state index contributed by atoms with van der Waals surface area (Å²) in [5.41, 5.74) is 12.9. The second kappa shape index (κ2) is 5.34. The summed E-state index contributed by atoms with van der Waals surface area (Å²) in [6.07, 6.45) is 3.61. The van der Waals surface area contributed by atoms with E-state index < -0.39 is 5.91 Å². The van der Waals surface area contributed by atoms with Crippen molar-refractivity contribution in [2.24, 2.45) is 5.73 Å². The van der Waals surface area contributed by atoms with Gasteiger partial charge in [0.15, 0.2) is 0 Å². The average Bonchev–Trinajstić information content (AvgIpc) is 2.53. The van der Waals surface area contributed by atoms with E-state index in [0.717, 1.165) is 35.3 Å². The lowest BCUT2D eigenvalue weighted by Gasteiger charge is -2.25. The van der Waals surface area contributed by atoms with Crippen molar-refractivity contribution in [3.8, 4) is 16.9 Å². The number of aryl methyl sites for hydroxylation is 1. The maximum absolute atomic E-state index is 11.5. The Balaban J connectivity index is 2.29. The molecule has 0 heterocycles. The third-order valence-electron chi connectivity index (χ3n) is 4.44. The highest BCUT2D eigenvalue weighted by molar-refractivity contribution is 5.96. The predicted octanol–water partition coefficient (Wildman–Crippen LogP) is 3.51. The van der Waals surface area contributed by atoms with Crippen LogP contribution in [0.15, 0.2) is 30.8 Å². The number of hydrogen-bond acceptors (Lipinski definition) is 2. The largest absolute Gasteiger partial charge is 0.496 e. The minimum atomic E-state index is -0.400. The molecule has 0 bridgehead atoms. The molecule has 1 amide bonds. The zero-order chi connectivity index (χ0) is 15.9. The predicted molar refractivity (Wildman–Crippen MR) is 89.2 cm³/mol. The molecule has 0 unspecified atom stereocenters. The van der Waals surface area contributed by atoms with Gasteiger partial charge in [0, 0.05) is 5.56 Å². The van der Waals surface area contributed by atoms with E-state index in [1.54, 1.807) is 13.2 Å². The summed E-state index contributed by atoms with van der Waals surface area (Å²) >= 11 is 0. The first kappa shape index (κ1) is 14.4. The van der Waals surface area contributed by atoms with Crippen LogP contribution in [0.5, 0.6) is 5.75 Å². The first-order valence-electron chi connectivity index (χ1n) is 7.32. The Morgan fingerprint density at radius 2 is 2.09 bits per heavy atom. The number of carbonyl (C=O) groups excluding carboxylic acids is 1. The van der Waals surface area contributed by atoms with E-state index in [9.17, 15) is 4.79 Å². The average molecular weight is 293 g/mol. The van der Waals surface area contributed by atoms with Crippen LogP contribution in [-0.2, 0) is 12.8 Å². The van der Waals surface area contributed by atoms with E-state index in [2.05, 4.69) is 19.6 Å². The molecule has 2 aromatic rings. The standard InChI is InChI=1S/C19H19NO2/c1-4-12-9-14(19(20)21)10-13-5-6-15-11(2)17(22-3)8-7-16(15)18(12)13/h4,7-10H,1,5-6H2,2-3H3,(H2,20,21). The molecule has 0 aliphatic heterocycles. The van der Waals surface area contributed by atoms with Gasteiger partial charge >= 0.3 is 0 Å². The van der Waals surface area contributed by atoms with Crippen LogP contribution in [0.2, 0.25) is 0 Å². The molecule has 0 aromatic heterocycles. The Bertz CT molecular complexity index is 791. The lowest BCUT2D eigenvalue weighted by Crippen LogP contribution is -2.14. The van der Waals surface area contributed by atoms with Crippen LogP contribution in [0.25, 0.3) is 17.2 Å². The fourth-order valence-electron chi connectivity index (χ4n) is 3.33. The zero-order valence-electron chi connectivity index (χ0n) is 12.9. The lowest BCUT2D eigenvalue weighted by atomic mass is 9.80. The molecule has 0 saturated carbocycles. The normalized spacial score (nSPS) is 12.3. The number of methoxy groups -OCH3 is 1. The zero-order valence-corrected chi connectivity index (χ0v) is 12.9. The van der Waals surface area contributed by atoms with Crippen LogP contribution in [0.1, 0.15) is 32.6 Å². The summed E-state index contributed by atoms with van der Waals surface area (Å²) in [7, 11) is 1.69. The van der Waals surface area contributed by atoms with Crippen molar-refractivity contribution in [1.82, 2.24) is 0 Å². The summed E-state index contributed by atoms with van der Waals surface area (Å²) < 4.78 is 5.42. The molecule has 0 saturated heterocycles. The first-order chi connectivity index (χ1) is 10.6. The minimum Gasteiger partial charge on any atom is -0.496 e. The highest BCUT2D eigenvalue weighted by Gasteiger charge is 2.22. The Kier molecular flexibility index (Phi) is 3.49. The van der Waals surface area contributed by atoms with Crippen LogP contribution in [0, 0.1) is 6.92 Å². The van der Waals surface area contributed by atoms with Gasteiger partial charge in [-0.05, 0) is 71.3 Å². The molecule has 3 rings (SSSR count). The van der Waals surface area contributed by atoms with Gasteiger partial charge in [-0.15, -0.1) is 0 Å². The van der Waals surface area contributed by atoms with E-state index in [4.69, 9.17) is 10.5 Å². The monoisotopic (exact) mass is 293 g/mol. The Hall–Kier alpha value is -2.55. The topological polar surface area (TPSA) is 52.3 Å². The number of benzene rings is 2. The van der Waals surface area contributed by atoms with E-state index in [-0.39, 0.29) is 0 Å². The summed E-state index contributed by atoms with van der Waals surface area (Å²) in [5.74, 6) is 0.513. The van der Waals surface area contributed by atoms with Gasteiger partial charge in [-0.2, -0.15) is 0 Å². The van der Waals surface area contributed by atoms with Crippen molar-refractivity contribution < 1.29 is 9.53 Å². The van der Waals surface area contributed by atoms with Gasteiger partial charge in [0.1, 0.15) is 5.75 Å². The molecule has 0 atom stereocenters. The van der Waals surface area contributed by atoms with Crippen molar-refractivity contribution in [1.29, 1.82) is 0 Å². The van der Waals surface area contributed by atoms with Crippen LogP contribution >= 0.6 is 0 Å². The van der Waals surface area contributed by atoms with Gasteiger partial charge in [-0.1, -0.05) is 18.7 Å². The van der Waals surface area contributed by atoms with Crippen molar-refractivity contribution in [3.05, 3.63) is 58.7 Å². The number of rotatable bonds is 3. The lowest BCUT2D eigenvalue weighted by molar-refractivity contribution is 0.1000. The second-order valence-corrected chi connectivity index (χ2v) is 5.59. The first-order valence-corrected chi connectivity index (χ1v) is 7.32. The molecule has 112 valence electrons. The van der Waals surface area contributed by atoms with Gasteiger partial charge in [-0.3, -0.25) is 4.79 Å². The number of nitrogens with two attached hydrogens (primary N) is 1. The van der Waals surface area contributed by atoms with Crippen molar-refractivity contribution in [2.45, 2.75) is 19.8 Å². The van der Waals surface area contributed by atoms with E-state index in [0.29, 0.717) is 5.56 Å².